The quantitative estimate of drug-likeness (QED) is 0.377. The van der Waals surface area contributed by atoms with Crippen LogP contribution in [0.15, 0.2) is 42.7 Å². The molecule has 1 aromatic heterocycles. The zero-order chi connectivity index (χ0) is 21.7. The maximum atomic E-state index is 10.1. The summed E-state index contributed by atoms with van der Waals surface area (Å²) in [6, 6.07) is 12.1. The van der Waals surface area contributed by atoms with Crippen molar-refractivity contribution in [3.05, 3.63) is 48.3 Å². The van der Waals surface area contributed by atoms with Crippen molar-refractivity contribution in [1.82, 2.24) is 9.97 Å². The Bertz CT molecular complexity index is 1060. The number of rotatable bonds is 8. The number of hydrogen-bond donors (Lipinski definition) is 3. The summed E-state index contributed by atoms with van der Waals surface area (Å²) < 4.78 is 11.2. The standard InChI is InChI=1S/C21H23N5O4/c1-21(27,28)26(15-6-4-14(12-22)5-7-15)8-3-9-30-19-11-17-16(10-18(19)29-2)20(23)25-13-24-17/h4-7,10-11,13,27-28H,3,8-9H2,1-2H3,(H2,23,24,25). The van der Waals surface area contributed by atoms with E-state index >= 15 is 0 Å². The molecule has 3 aromatic rings. The van der Waals surface area contributed by atoms with Crippen molar-refractivity contribution in [2.45, 2.75) is 19.3 Å². The van der Waals surface area contributed by atoms with Crippen molar-refractivity contribution in [2.24, 2.45) is 0 Å². The molecule has 9 heteroatoms. The first-order valence-corrected chi connectivity index (χ1v) is 9.27. The van der Waals surface area contributed by atoms with Crippen LogP contribution in [-0.4, -0.2) is 46.4 Å². The van der Waals surface area contributed by atoms with Crippen LogP contribution in [0.2, 0.25) is 0 Å². The van der Waals surface area contributed by atoms with Gasteiger partial charge in [0.05, 0.1) is 30.9 Å². The molecule has 0 aliphatic heterocycles. The van der Waals surface area contributed by atoms with E-state index in [0.29, 0.717) is 59.0 Å². The molecule has 9 nitrogen and oxygen atoms in total. The first-order chi connectivity index (χ1) is 14.3. The second-order valence-electron chi connectivity index (χ2n) is 6.76. The third-order valence-corrected chi connectivity index (χ3v) is 4.55. The molecule has 0 saturated heterocycles. The van der Waals surface area contributed by atoms with Gasteiger partial charge in [0.15, 0.2) is 11.5 Å². The molecule has 0 aliphatic rings. The first-order valence-electron chi connectivity index (χ1n) is 9.27. The zero-order valence-electron chi connectivity index (χ0n) is 16.7. The third kappa shape index (κ3) is 4.68. The molecule has 4 N–H and O–H groups in total. The number of nitrogen functional groups attached to an aromatic ring is 1. The average Bonchev–Trinajstić information content (AvgIpc) is 2.72. The Balaban J connectivity index is 1.69. The summed E-state index contributed by atoms with van der Waals surface area (Å²) in [4.78, 5) is 9.59. The summed E-state index contributed by atoms with van der Waals surface area (Å²) in [6.45, 7) is 1.88. The number of nitrogens with zero attached hydrogens (tertiary/aromatic N) is 4. The number of aromatic nitrogens is 2. The van der Waals surface area contributed by atoms with Crippen LogP contribution in [0.5, 0.6) is 11.5 Å². The molecule has 0 aliphatic carbocycles. The number of nitriles is 1. The van der Waals surface area contributed by atoms with E-state index in [4.69, 9.17) is 20.5 Å². The fraction of sp³-hybridized carbons (Fsp3) is 0.286. The Hall–Kier alpha value is -3.61. The molecule has 3 rings (SSSR count). The lowest BCUT2D eigenvalue weighted by molar-refractivity contribution is -0.144. The van der Waals surface area contributed by atoms with Gasteiger partial charge in [-0.15, -0.1) is 0 Å². The third-order valence-electron chi connectivity index (χ3n) is 4.55. The summed E-state index contributed by atoms with van der Waals surface area (Å²) in [5.74, 6) is -0.706. The van der Waals surface area contributed by atoms with E-state index in [2.05, 4.69) is 9.97 Å². The SMILES string of the molecule is COc1cc2c(N)ncnc2cc1OCCCN(c1ccc(C#N)cc1)C(C)(O)O. The topological polar surface area (TPSA) is 138 Å². The Morgan fingerprint density at radius 2 is 1.90 bits per heavy atom. The van der Waals surface area contributed by atoms with Crippen LogP contribution in [-0.2, 0) is 0 Å². The fourth-order valence-electron chi connectivity index (χ4n) is 3.06. The molecule has 0 atom stereocenters. The van der Waals surface area contributed by atoms with Gasteiger partial charge >= 0.3 is 0 Å². The van der Waals surface area contributed by atoms with E-state index in [9.17, 15) is 10.2 Å². The predicted octanol–water partition coefficient (Wildman–Crippen LogP) is 2.03. The number of fused-ring (bicyclic) bond motifs is 1. The predicted molar refractivity (Wildman–Crippen MR) is 112 cm³/mol. The van der Waals surface area contributed by atoms with Crippen molar-refractivity contribution in [3.8, 4) is 17.6 Å². The van der Waals surface area contributed by atoms with E-state index in [1.165, 1.54) is 25.3 Å². The van der Waals surface area contributed by atoms with Crippen LogP contribution in [0, 0.1) is 11.3 Å². The van der Waals surface area contributed by atoms with Crippen LogP contribution >= 0.6 is 0 Å². The minimum atomic E-state index is -2.07. The number of methoxy groups -OCH3 is 1. The second-order valence-corrected chi connectivity index (χ2v) is 6.76. The number of aliphatic hydroxyl groups is 2. The number of benzene rings is 2. The van der Waals surface area contributed by atoms with E-state index in [0.717, 1.165) is 0 Å². The lowest BCUT2D eigenvalue weighted by Crippen LogP contribution is -2.47. The highest BCUT2D eigenvalue weighted by Crippen LogP contribution is 2.33. The van der Waals surface area contributed by atoms with Gasteiger partial charge in [0.1, 0.15) is 12.1 Å². The molecular weight excluding hydrogens is 386 g/mol. The first kappa shape index (κ1) is 21.1. The second kappa shape index (κ2) is 8.82. The van der Waals surface area contributed by atoms with Crippen LogP contribution in [0.25, 0.3) is 10.9 Å². The van der Waals surface area contributed by atoms with Crippen molar-refractivity contribution in [3.63, 3.8) is 0 Å². The van der Waals surface area contributed by atoms with E-state index in [1.807, 2.05) is 6.07 Å². The van der Waals surface area contributed by atoms with E-state index in [-0.39, 0.29) is 0 Å². The number of ether oxygens (including phenoxy) is 2. The maximum Gasteiger partial charge on any atom is 0.243 e. The molecule has 156 valence electrons. The van der Waals surface area contributed by atoms with Gasteiger partial charge in [-0.25, -0.2) is 9.97 Å². The van der Waals surface area contributed by atoms with E-state index in [1.54, 1.807) is 36.4 Å². The zero-order valence-corrected chi connectivity index (χ0v) is 16.7. The molecule has 0 bridgehead atoms. The molecule has 30 heavy (non-hydrogen) atoms. The monoisotopic (exact) mass is 409 g/mol. The summed E-state index contributed by atoms with van der Waals surface area (Å²) in [6.07, 6.45) is 1.87. The van der Waals surface area contributed by atoms with E-state index < -0.39 is 5.91 Å². The highest BCUT2D eigenvalue weighted by Gasteiger charge is 2.26. The molecule has 0 saturated carbocycles. The van der Waals surface area contributed by atoms with Gasteiger partial charge in [-0.2, -0.15) is 5.26 Å². The fourth-order valence-corrected chi connectivity index (χ4v) is 3.06. The highest BCUT2D eigenvalue weighted by atomic mass is 16.5. The van der Waals surface area contributed by atoms with Crippen LogP contribution in [0.4, 0.5) is 11.5 Å². The summed E-state index contributed by atoms with van der Waals surface area (Å²) in [5.41, 5.74) is 7.59. The molecule has 0 fully saturated rings. The lowest BCUT2D eigenvalue weighted by atomic mass is 10.2. The molecule has 0 amide bonds. The van der Waals surface area contributed by atoms with Gasteiger partial charge in [-0.3, -0.25) is 0 Å². The van der Waals surface area contributed by atoms with Crippen LogP contribution < -0.4 is 20.1 Å². The van der Waals surface area contributed by atoms with Gasteiger partial charge < -0.3 is 30.3 Å². The Kier molecular flexibility index (Phi) is 6.20. The number of nitrogens with two attached hydrogens (primary N) is 1. The largest absolute Gasteiger partial charge is 0.493 e. The summed E-state index contributed by atoms with van der Waals surface area (Å²) in [5, 5.41) is 29.9. The summed E-state index contributed by atoms with van der Waals surface area (Å²) >= 11 is 0. The smallest absolute Gasteiger partial charge is 0.243 e. The Labute approximate surface area is 173 Å². The summed E-state index contributed by atoms with van der Waals surface area (Å²) in [7, 11) is 1.53. The molecule has 0 unspecified atom stereocenters. The highest BCUT2D eigenvalue weighted by molar-refractivity contribution is 5.90. The minimum absolute atomic E-state index is 0.297. The minimum Gasteiger partial charge on any atom is -0.493 e. The van der Waals surface area contributed by atoms with Gasteiger partial charge in [-0.1, -0.05) is 0 Å². The van der Waals surface area contributed by atoms with Gasteiger partial charge in [0, 0.05) is 30.6 Å². The molecule has 0 spiro atoms. The van der Waals surface area contributed by atoms with Gasteiger partial charge in [-0.05, 0) is 36.8 Å². The van der Waals surface area contributed by atoms with Gasteiger partial charge in [0.2, 0.25) is 5.91 Å². The van der Waals surface area contributed by atoms with Crippen molar-refractivity contribution in [2.75, 3.05) is 30.9 Å². The van der Waals surface area contributed by atoms with Crippen LogP contribution in [0.1, 0.15) is 18.9 Å². The normalized spacial score (nSPS) is 11.2. The van der Waals surface area contributed by atoms with Crippen molar-refractivity contribution < 1.29 is 19.7 Å². The van der Waals surface area contributed by atoms with Gasteiger partial charge in [0.25, 0.3) is 0 Å². The molecule has 0 radical (unpaired) electrons. The Morgan fingerprint density at radius 3 is 2.53 bits per heavy atom. The molecule has 1 heterocycles. The Morgan fingerprint density at radius 1 is 1.17 bits per heavy atom. The van der Waals surface area contributed by atoms with Crippen molar-refractivity contribution >= 4 is 22.4 Å². The molecular formula is C21H23N5O4. The lowest BCUT2D eigenvalue weighted by Gasteiger charge is -2.34. The number of hydrogen-bond acceptors (Lipinski definition) is 9. The number of anilines is 2. The molecule has 2 aromatic carbocycles. The van der Waals surface area contributed by atoms with Crippen molar-refractivity contribution in [1.29, 1.82) is 5.26 Å². The van der Waals surface area contributed by atoms with Crippen LogP contribution in [0.3, 0.4) is 0 Å². The average molecular weight is 409 g/mol. The maximum absolute atomic E-state index is 10.1.